The smallest absolute Gasteiger partial charge is 0.155 e. The fraction of sp³-hybridized carbons (Fsp3) is 0.625. The highest BCUT2D eigenvalue weighted by molar-refractivity contribution is 5.90. The van der Waals surface area contributed by atoms with E-state index < -0.39 is 5.41 Å². The molecule has 0 aromatic carbocycles. The van der Waals surface area contributed by atoms with Gasteiger partial charge in [-0.25, -0.2) is 0 Å². The third-order valence-corrected chi connectivity index (χ3v) is 2.12. The van der Waals surface area contributed by atoms with Crippen LogP contribution in [-0.4, -0.2) is 29.2 Å². The van der Waals surface area contributed by atoms with Crippen molar-refractivity contribution in [2.75, 3.05) is 13.2 Å². The van der Waals surface area contributed by atoms with Crippen LogP contribution in [0, 0.1) is 5.41 Å². The van der Waals surface area contributed by atoms with Gasteiger partial charge in [0, 0.05) is 11.8 Å². The van der Waals surface area contributed by atoms with Crippen LogP contribution in [0.3, 0.4) is 0 Å². The molecule has 3 nitrogen and oxygen atoms in total. The van der Waals surface area contributed by atoms with Gasteiger partial charge in [0.15, 0.2) is 5.78 Å². The molecule has 0 atom stereocenters. The third-order valence-electron chi connectivity index (χ3n) is 2.12. The predicted molar refractivity (Wildman–Crippen MR) is 40.0 cm³/mol. The van der Waals surface area contributed by atoms with Gasteiger partial charge >= 0.3 is 0 Å². The maximum absolute atomic E-state index is 10.7. The van der Waals surface area contributed by atoms with Gasteiger partial charge in [-0.1, -0.05) is 6.08 Å². The standard InChI is InChI=1S/C8H12O3/c9-5-8(6-10)3-1-7(11)2-4-8/h1,3,9-10H,2,4-6H2. The molecule has 0 saturated heterocycles. The average Bonchev–Trinajstić information content (AvgIpc) is 2.07. The van der Waals surface area contributed by atoms with Crippen LogP contribution in [0.15, 0.2) is 12.2 Å². The summed E-state index contributed by atoms with van der Waals surface area (Å²) in [5.41, 5.74) is -0.548. The lowest BCUT2D eigenvalue weighted by Crippen LogP contribution is -2.30. The summed E-state index contributed by atoms with van der Waals surface area (Å²) in [6.07, 6.45) is 4.03. The second-order valence-corrected chi connectivity index (χ2v) is 2.98. The highest BCUT2D eigenvalue weighted by Gasteiger charge is 2.28. The van der Waals surface area contributed by atoms with E-state index in [4.69, 9.17) is 10.2 Å². The van der Waals surface area contributed by atoms with E-state index in [-0.39, 0.29) is 19.0 Å². The van der Waals surface area contributed by atoms with E-state index in [1.54, 1.807) is 6.08 Å². The lowest BCUT2D eigenvalue weighted by atomic mass is 9.80. The molecule has 0 radical (unpaired) electrons. The minimum atomic E-state index is -0.548. The maximum Gasteiger partial charge on any atom is 0.155 e. The van der Waals surface area contributed by atoms with Crippen LogP contribution < -0.4 is 0 Å². The normalized spacial score (nSPS) is 22.2. The summed E-state index contributed by atoms with van der Waals surface area (Å²) < 4.78 is 0. The van der Waals surface area contributed by atoms with Gasteiger partial charge in [0.1, 0.15) is 0 Å². The lowest BCUT2D eigenvalue weighted by Gasteiger charge is -2.27. The first kappa shape index (κ1) is 8.43. The van der Waals surface area contributed by atoms with E-state index in [1.165, 1.54) is 6.08 Å². The molecule has 0 unspecified atom stereocenters. The number of aliphatic hydroxyl groups is 2. The Labute approximate surface area is 65.3 Å². The molecule has 62 valence electrons. The first-order valence-corrected chi connectivity index (χ1v) is 3.66. The van der Waals surface area contributed by atoms with Crippen LogP contribution >= 0.6 is 0 Å². The van der Waals surface area contributed by atoms with Gasteiger partial charge in [0.2, 0.25) is 0 Å². The predicted octanol–water partition coefficient (Wildman–Crippen LogP) is -0.124. The first-order valence-electron chi connectivity index (χ1n) is 3.66. The van der Waals surface area contributed by atoms with Crippen LogP contribution in [0.2, 0.25) is 0 Å². The zero-order valence-corrected chi connectivity index (χ0v) is 6.29. The fourth-order valence-electron chi connectivity index (χ4n) is 1.12. The number of hydrogen-bond donors (Lipinski definition) is 2. The van der Waals surface area contributed by atoms with Crippen molar-refractivity contribution in [3.05, 3.63) is 12.2 Å². The van der Waals surface area contributed by atoms with Gasteiger partial charge in [-0.2, -0.15) is 0 Å². The molecule has 2 N–H and O–H groups in total. The van der Waals surface area contributed by atoms with E-state index in [2.05, 4.69) is 0 Å². The molecule has 0 amide bonds. The Morgan fingerprint density at radius 2 is 2.09 bits per heavy atom. The maximum atomic E-state index is 10.7. The minimum absolute atomic E-state index is 0.0718. The summed E-state index contributed by atoms with van der Waals surface area (Å²) in [6, 6.07) is 0. The molecule has 0 bridgehead atoms. The number of aliphatic hydroxyl groups excluding tert-OH is 2. The Kier molecular flexibility index (Phi) is 2.42. The number of carbonyl (C=O) groups is 1. The SMILES string of the molecule is O=C1C=CC(CO)(CO)CC1. The largest absolute Gasteiger partial charge is 0.395 e. The number of rotatable bonds is 2. The van der Waals surface area contributed by atoms with Crippen molar-refractivity contribution >= 4 is 5.78 Å². The van der Waals surface area contributed by atoms with Gasteiger partial charge in [-0.15, -0.1) is 0 Å². The highest BCUT2D eigenvalue weighted by Crippen LogP contribution is 2.28. The fourth-order valence-corrected chi connectivity index (χ4v) is 1.12. The molecule has 0 saturated carbocycles. The summed E-state index contributed by atoms with van der Waals surface area (Å²) in [4.78, 5) is 10.7. The lowest BCUT2D eigenvalue weighted by molar-refractivity contribution is -0.116. The van der Waals surface area contributed by atoms with Gasteiger partial charge in [-0.3, -0.25) is 4.79 Å². The summed E-state index contributed by atoms with van der Waals surface area (Å²) in [6.45, 7) is -0.180. The summed E-state index contributed by atoms with van der Waals surface area (Å²) in [5.74, 6) is 0.0718. The van der Waals surface area contributed by atoms with Crippen LogP contribution in [0.25, 0.3) is 0 Å². The minimum Gasteiger partial charge on any atom is -0.395 e. The zero-order chi connectivity index (χ0) is 8.32. The van der Waals surface area contributed by atoms with E-state index in [9.17, 15) is 4.79 Å². The van der Waals surface area contributed by atoms with Crippen LogP contribution in [-0.2, 0) is 4.79 Å². The molecule has 11 heavy (non-hydrogen) atoms. The van der Waals surface area contributed by atoms with Gasteiger partial charge in [0.05, 0.1) is 13.2 Å². The molecule has 1 aliphatic rings. The first-order chi connectivity index (χ1) is 5.22. The molecule has 0 aromatic heterocycles. The molecular weight excluding hydrogens is 144 g/mol. The van der Waals surface area contributed by atoms with Crippen molar-refractivity contribution in [2.24, 2.45) is 5.41 Å². The Bertz CT molecular complexity index is 180. The topological polar surface area (TPSA) is 57.5 Å². The third kappa shape index (κ3) is 1.67. The molecule has 0 aromatic rings. The number of carbonyl (C=O) groups excluding carboxylic acids is 1. The molecular formula is C8H12O3. The van der Waals surface area contributed by atoms with Crippen molar-refractivity contribution in [3.8, 4) is 0 Å². The molecule has 0 spiro atoms. The van der Waals surface area contributed by atoms with Crippen LogP contribution in [0.4, 0.5) is 0 Å². The summed E-state index contributed by atoms with van der Waals surface area (Å²) >= 11 is 0. The van der Waals surface area contributed by atoms with Gasteiger partial charge in [-0.05, 0) is 12.5 Å². The van der Waals surface area contributed by atoms with Crippen molar-refractivity contribution < 1.29 is 15.0 Å². The number of hydrogen-bond acceptors (Lipinski definition) is 3. The second-order valence-electron chi connectivity index (χ2n) is 2.98. The number of allylic oxidation sites excluding steroid dienone is 1. The summed E-state index contributed by atoms with van der Waals surface area (Å²) in [7, 11) is 0. The zero-order valence-electron chi connectivity index (χ0n) is 6.29. The highest BCUT2D eigenvalue weighted by atomic mass is 16.3. The molecule has 0 fully saturated rings. The van der Waals surface area contributed by atoms with E-state index in [0.717, 1.165) is 0 Å². The quantitative estimate of drug-likeness (QED) is 0.586. The van der Waals surface area contributed by atoms with Gasteiger partial charge < -0.3 is 10.2 Å². The Morgan fingerprint density at radius 3 is 2.45 bits per heavy atom. The van der Waals surface area contributed by atoms with Crippen LogP contribution in [0.1, 0.15) is 12.8 Å². The Morgan fingerprint density at radius 1 is 1.45 bits per heavy atom. The molecule has 0 aliphatic heterocycles. The van der Waals surface area contributed by atoms with Crippen molar-refractivity contribution in [2.45, 2.75) is 12.8 Å². The molecule has 3 heteroatoms. The van der Waals surface area contributed by atoms with E-state index >= 15 is 0 Å². The number of ketones is 1. The van der Waals surface area contributed by atoms with E-state index in [1.807, 2.05) is 0 Å². The van der Waals surface area contributed by atoms with Gasteiger partial charge in [0.25, 0.3) is 0 Å². The average molecular weight is 156 g/mol. The van der Waals surface area contributed by atoms with Crippen molar-refractivity contribution in [1.82, 2.24) is 0 Å². The van der Waals surface area contributed by atoms with E-state index in [0.29, 0.717) is 12.8 Å². The van der Waals surface area contributed by atoms with Crippen molar-refractivity contribution in [1.29, 1.82) is 0 Å². The molecule has 1 rings (SSSR count). The van der Waals surface area contributed by atoms with Crippen molar-refractivity contribution in [3.63, 3.8) is 0 Å². The Balaban J connectivity index is 2.72. The summed E-state index contributed by atoms with van der Waals surface area (Å²) in [5, 5.41) is 17.8. The van der Waals surface area contributed by atoms with Crippen LogP contribution in [0.5, 0.6) is 0 Å². The second kappa shape index (κ2) is 3.15. The molecule has 1 aliphatic carbocycles. The Hall–Kier alpha value is -0.670. The molecule has 0 heterocycles. The monoisotopic (exact) mass is 156 g/mol.